The Bertz CT molecular complexity index is 416. The van der Waals surface area contributed by atoms with Crippen molar-refractivity contribution in [2.45, 2.75) is 31.1 Å². The van der Waals surface area contributed by atoms with E-state index < -0.39 is 0 Å². The molecule has 0 saturated carbocycles. The zero-order valence-corrected chi connectivity index (χ0v) is 12.7. The standard InChI is InChI=1S/C15H22N2O2S/c1-2-19-13-6-8-14(9-7-13)20-12-15(18)16-17-10-4-3-5-11-17/h6-9H,2-5,10-12H2,1H3,(H,16,18). The topological polar surface area (TPSA) is 41.6 Å². The van der Waals surface area contributed by atoms with Crippen LogP contribution in [0.4, 0.5) is 0 Å². The van der Waals surface area contributed by atoms with Crippen LogP contribution in [-0.4, -0.2) is 36.4 Å². The number of amides is 1. The summed E-state index contributed by atoms with van der Waals surface area (Å²) in [5.74, 6) is 1.39. The molecule has 1 N–H and O–H groups in total. The van der Waals surface area contributed by atoms with Crippen molar-refractivity contribution in [1.29, 1.82) is 0 Å². The zero-order chi connectivity index (χ0) is 14.2. The summed E-state index contributed by atoms with van der Waals surface area (Å²) in [6.07, 6.45) is 3.62. The van der Waals surface area contributed by atoms with Crippen molar-refractivity contribution in [1.82, 2.24) is 10.4 Å². The molecule has 0 spiro atoms. The maximum atomic E-state index is 11.9. The Morgan fingerprint density at radius 2 is 1.95 bits per heavy atom. The Kier molecular flexibility index (Phi) is 6.21. The molecule has 0 aliphatic carbocycles. The number of hydrogen-bond donors (Lipinski definition) is 1. The number of benzene rings is 1. The molecule has 1 amide bonds. The molecule has 0 unspecified atom stereocenters. The van der Waals surface area contributed by atoms with Crippen LogP contribution in [0.2, 0.25) is 0 Å². The number of nitrogens with zero attached hydrogens (tertiary/aromatic N) is 1. The molecule has 2 rings (SSSR count). The highest BCUT2D eigenvalue weighted by Crippen LogP contribution is 2.21. The fourth-order valence-corrected chi connectivity index (χ4v) is 2.85. The van der Waals surface area contributed by atoms with E-state index in [9.17, 15) is 4.79 Å². The van der Waals surface area contributed by atoms with Crippen molar-refractivity contribution in [2.75, 3.05) is 25.4 Å². The Hall–Kier alpha value is -1.20. The predicted molar refractivity (Wildman–Crippen MR) is 81.9 cm³/mol. The first-order chi connectivity index (χ1) is 9.78. The van der Waals surface area contributed by atoms with E-state index in [0.717, 1.165) is 23.7 Å². The lowest BCUT2D eigenvalue weighted by Gasteiger charge is -2.26. The van der Waals surface area contributed by atoms with Crippen LogP contribution < -0.4 is 10.2 Å². The second kappa shape index (κ2) is 8.17. The van der Waals surface area contributed by atoms with Gasteiger partial charge < -0.3 is 4.74 Å². The number of carbonyl (C=O) groups excluding carboxylic acids is 1. The molecular weight excluding hydrogens is 272 g/mol. The van der Waals surface area contributed by atoms with E-state index in [0.29, 0.717) is 12.4 Å². The van der Waals surface area contributed by atoms with Crippen molar-refractivity contribution in [2.24, 2.45) is 0 Å². The van der Waals surface area contributed by atoms with Gasteiger partial charge in [-0.3, -0.25) is 10.2 Å². The fourth-order valence-electron chi connectivity index (χ4n) is 2.16. The molecule has 5 heteroatoms. The Labute approximate surface area is 124 Å². The lowest BCUT2D eigenvalue weighted by atomic mass is 10.2. The first-order valence-electron chi connectivity index (χ1n) is 7.18. The average Bonchev–Trinajstić information content (AvgIpc) is 2.48. The molecule has 1 aromatic carbocycles. The van der Waals surface area contributed by atoms with Gasteiger partial charge in [0.05, 0.1) is 12.4 Å². The summed E-state index contributed by atoms with van der Waals surface area (Å²) in [6.45, 7) is 4.58. The Balaban J connectivity index is 1.72. The van der Waals surface area contributed by atoms with E-state index in [4.69, 9.17) is 4.74 Å². The number of thioether (sulfide) groups is 1. The molecule has 4 nitrogen and oxygen atoms in total. The molecule has 1 aliphatic rings. The van der Waals surface area contributed by atoms with Crippen LogP contribution in [0.3, 0.4) is 0 Å². The minimum absolute atomic E-state index is 0.0748. The van der Waals surface area contributed by atoms with Crippen molar-refractivity contribution < 1.29 is 9.53 Å². The number of hydrogen-bond acceptors (Lipinski definition) is 4. The highest BCUT2D eigenvalue weighted by molar-refractivity contribution is 8.00. The van der Waals surface area contributed by atoms with Crippen LogP contribution in [0.25, 0.3) is 0 Å². The van der Waals surface area contributed by atoms with Crippen LogP contribution in [0, 0.1) is 0 Å². The minimum Gasteiger partial charge on any atom is -0.494 e. The largest absolute Gasteiger partial charge is 0.494 e. The average molecular weight is 294 g/mol. The van der Waals surface area contributed by atoms with Gasteiger partial charge in [-0.05, 0) is 44.0 Å². The molecule has 0 radical (unpaired) electrons. The molecule has 1 fully saturated rings. The van der Waals surface area contributed by atoms with Gasteiger partial charge in [-0.1, -0.05) is 6.42 Å². The zero-order valence-electron chi connectivity index (χ0n) is 11.9. The Morgan fingerprint density at radius 3 is 2.60 bits per heavy atom. The van der Waals surface area contributed by atoms with Crippen LogP contribution >= 0.6 is 11.8 Å². The predicted octanol–water partition coefficient (Wildman–Crippen LogP) is 2.69. The summed E-state index contributed by atoms with van der Waals surface area (Å²) in [7, 11) is 0. The van der Waals surface area contributed by atoms with E-state index in [1.54, 1.807) is 11.8 Å². The summed E-state index contributed by atoms with van der Waals surface area (Å²) in [5, 5.41) is 2.03. The summed E-state index contributed by atoms with van der Waals surface area (Å²) >= 11 is 1.55. The summed E-state index contributed by atoms with van der Waals surface area (Å²) < 4.78 is 5.39. The molecule has 20 heavy (non-hydrogen) atoms. The van der Waals surface area contributed by atoms with Gasteiger partial charge in [-0.25, -0.2) is 5.01 Å². The van der Waals surface area contributed by atoms with Gasteiger partial charge in [0.1, 0.15) is 5.75 Å². The molecular formula is C15H22N2O2S. The van der Waals surface area contributed by atoms with Gasteiger partial charge in [0.25, 0.3) is 0 Å². The molecule has 1 saturated heterocycles. The molecule has 1 aliphatic heterocycles. The summed E-state index contributed by atoms with van der Waals surface area (Å²) in [6, 6.07) is 7.86. The fraction of sp³-hybridized carbons (Fsp3) is 0.533. The summed E-state index contributed by atoms with van der Waals surface area (Å²) in [5.41, 5.74) is 2.97. The maximum absolute atomic E-state index is 11.9. The molecule has 0 aromatic heterocycles. The van der Waals surface area contributed by atoms with Crippen molar-refractivity contribution in [3.8, 4) is 5.75 Å². The highest BCUT2D eigenvalue weighted by atomic mass is 32.2. The van der Waals surface area contributed by atoms with E-state index in [1.807, 2.05) is 36.2 Å². The minimum atomic E-state index is 0.0748. The van der Waals surface area contributed by atoms with Gasteiger partial charge in [-0.2, -0.15) is 0 Å². The maximum Gasteiger partial charge on any atom is 0.244 e. The van der Waals surface area contributed by atoms with Crippen LogP contribution in [0.1, 0.15) is 26.2 Å². The van der Waals surface area contributed by atoms with Crippen molar-refractivity contribution >= 4 is 17.7 Å². The van der Waals surface area contributed by atoms with Gasteiger partial charge in [0.15, 0.2) is 0 Å². The molecule has 110 valence electrons. The van der Waals surface area contributed by atoms with E-state index >= 15 is 0 Å². The third kappa shape index (κ3) is 5.06. The number of hydrazine groups is 1. The third-order valence-electron chi connectivity index (χ3n) is 3.14. The number of nitrogens with one attached hydrogen (secondary N) is 1. The van der Waals surface area contributed by atoms with E-state index in [2.05, 4.69) is 5.43 Å². The number of carbonyl (C=O) groups is 1. The number of piperidine rings is 1. The van der Waals surface area contributed by atoms with E-state index in [-0.39, 0.29) is 5.91 Å². The first-order valence-corrected chi connectivity index (χ1v) is 8.16. The second-order valence-electron chi connectivity index (χ2n) is 4.78. The Morgan fingerprint density at radius 1 is 1.25 bits per heavy atom. The van der Waals surface area contributed by atoms with Crippen LogP contribution in [0.15, 0.2) is 29.2 Å². The quantitative estimate of drug-likeness (QED) is 0.819. The number of rotatable bonds is 6. The highest BCUT2D eigenvalue weighted by Gasteiger charge is 2.12. The van der Waals surface area contributed by atoms with Crippen LogP contribution in [-0.2, 0) is 4.79 Å². The number of ether oxygens (including phenoxy) is 1. The second-order valence-corrected chi connectivity index (χ2v) is 5.82. The molecule has 0 atom stereocenters. The molecule has 0 bridgehead atoms. The lowest BCUT2D eigenvalue weighted by molar-refractivity contribution is -0.123. The normalized spacial score (nSPS) is 15.8. The lowest BCUT2D eigenvalue weighted by Crippen LogP contribution is -2.45. The summed E-state index contributed by atoms with van der Waals surface area (Å²) in [4.78, 5) is 12.9. The monoisotopic (exact) mass is 294 g/mol. The third-order valence-corrected chi connectivity index (χ3v) is 4.16. The smallest absolute Gasteiger partial charge is 0.244 e. The van der Waals surface area contributed by atoms with E-state index in [1.165, 1.54) is 19.3 Å². The SMILES string of the molecule is CCOc1ccc(SCC(=O)NN2CCCCC2)cc1. The molecule has 1 aromatic rings. The molecule has 1 heterocycles. The van der Waals surface area contributed by atoms with Gasteiger partial charge in [0.2, 0.25) is 5.91 Å². The van der Waals surface area contributed by atoms with Crippen molar-refractivity contribution in [3.05, 3.63) is 24.3 Å². The van der Waals surface area contributed by atoms with Gasteiger partial charge in [-0.15, -0.1) is 11.8 Å². The van der Waals surface area contributed by atoms with Crippen LogP contribution in [0.5, 0.6) is 5.75 Å². The van der Waals surface area contributed by atoms with Gasteiger partial charge in [0, 0.05) is 18.0 Å². The first kappa shape index (κ1) is 15.2. The van der Waals surface area contributed by atoms with Crippen molar-refractivity contribution in [3.63, 3.8) is 0 Å². The van der Waals surface area contributed by atoms with Gasteiger partial charge >= 0.3 is 0 Å².